The van der Waals surface area contributed by atoms with Gasteiger partial charge in [-0.25, -0.2) is 4.99 Å². The van der Waals surface area contributed by atoms with Crippen LogP contribution in [0.3, 0.4) is 0 Å². The van der Waals surface area contributed by atoms with E-state index in [9.17, 15) is 9.59 Å². The molecule has 2 heterocycles. The van der Waals surface area contributed by atoms with Gasteiger partial charge in [-0.1, -0.05) is 41.9 Å². The Morgan fingerprint density at radius 3 is 2.55 bits per heavy atom. The predicted molar refractivity (Wildman–Crippen MR) is 132 cm³/mol. The van der Waals surface area contributed by atoms with Crippen LogP contribution in [0.2, 0.25) is 5.02 Å². The highest BCUT2D eigenvalue weighted by Crippen LogP contribution is 2.21. The molecule has 0 aliphatic carbocycles. The van der Waals surface area contributed by atoms with Gasteiger partial charge in [-0.2, -0.15) is 0 Å². The van der Waals surface area contributed by atoms with Crippen molar-refractivity contribution < 1.29 is 4.79 Å². The zero-order valence-corrected chi connectivity index (χ0v) is 18.3. The van der Waals surface area contributed by atoms with Crippen LogP contribution in [0.25, 0.3) is 16.6 Å². The Morgan fingerprint density at radius 1 is 1.03 bits per heavy atom. The topological polar surface area (TPSA) is 75.8 Å². The Labute approximate surface area is 194 Å². The lowest BCUT2D eigenvalue weighted by Gasteiger charge is -2.14. The normalized spacial score (nSPS) is 12.7. The number of pyridine rings is 1. The number of carbonyl (C=O) groups is 1. The van der Waals surface area contributed by atoms with E-state index in [4.69, 9.17) is 11.6 Å². The molecular weight excluding hydrogens is 436 g/mol. The van der Waals surface area contributed by atoms with Crippen molar-refractivity contribution in [2.45, 2.75) is 6.54 Å². The highest BCUT2D eigenvalue weighted by atomic mass is 35.5. The average molecular weight is 455 g/mol. The molecule has 0 spiro atoms. The summed E-state index contributed by atoms with van der Waals surface area (Å²) in [7, 11) is 0. The van der Waals surface area contributed by atoms with Crippen molar-refractivity contribution in [1.82, 2.24) is 9.88 Å². The highest BCUT2D eigenvalue weighted by Gasteiger charge is 2.13. The van der Waals surface area contributed by atoms with E-state index in [1.807, 2.05) is 47.0 Å². The van der Waals surface area contributed by atoms with Gasteiger partial charge in [0.25, 0.3) is 5.91 Å². The number of benzene rings is 3. The van der Waals surface area contributed by atoms with Crippen LogP contribution < -0.4 is 10.7 Å². The molecule has 0 saturated heterocycles. The summed E-state index contributed by atoms with van der Waals surface area (Å²) < 4.78 is 1.92. The van der Waals surface area contributed by atoms with Gasteiger partial charge in [0.05, 0.1) is 17.8 Å². The molecule has 0 radical (unpaired) electrons. The number of nitrogens with zero attached hydrogens (tertiary/aromatic N) is 3. The number of nitrogens with one attached hydrogen (secondary N) is 1. The van der Waals surface area contributed by atoms with Crippen LogP contribution in [0, 0.1) is 0 Å². The van der Waals surface area contributed by atoms with Gasteiger partial charge in [-0.15, -0.1) is 0 Å². The summed E-state index contributed by atoms with van der Waals surface area (Å²) in [6.45, 7) is 0.651. The lowest BCUT2D eigenvalue weighted by atomic mass is 10.1. The second-order valence-electron chi connectivity index (χ2n) is 7.64. The van der Waals surface area contributed by atoms with Crippen molar-refractivity contribution >= 4 is 40.5 Å². The molecule has 0 unspecified atom stereocenters. The highest BCUT2D eigenvalue weighted by molar-refractivity contribution is 6.31. The fourth-order valence-corrected chi connectivity index (χ4v) is 3.98. The first-order valence-corrected chi connectivity index (χ1v) is 10.8. The van der Waals surface area contributed by atoms with Gasteiger partial charge in [-0.3, -0.25) is 14.6 Å². The van der Waals surface area contributed by atoms with Crippen LogP contribution in [0.15, 0.2) is 93.8 Å². The van der Waals surface area contributed by atoms with Gasteiger partial charge in [0.1, 0.15) is 6.34 Å². The molecule has 4 aromatic rings. The largest absolute Gasteiger partial charge is 0.348 e. The summed E-state index contributed by atoms with van der Waals surface area (Å²) in [5, 5.41) is 3.95. The molecule has 0 saturated carbocycles. The van der Waals surface area contributed by atoms with Crippen LogP contribution in [0.4, 0.5) is 0 Å². The summed E-state index contributed by atoms with van der Waals surface area (Å²) in [4.78, 5) is 34.2. The van der Waals surface area contributed by atoms with E-state index in [0.717, 1.165) is 17.0 Å². The number of hydrogen-bond donors (Lipinski definition) is 1. The van der Waals surface area contributed by atoms with Crippen LogP contribution in [0.5, 0.6) is 0 Å². The minimum Gasteiger partial charge on any atom is -0.348 e. The number of para-hydroxylation sites is 1. The van der Waals surface area contributed by atoms with Crippen molar-refractivity contribution in [3.05, 3.63) is 111 Å². The minimum absolute atomic E-state index is 0.103. The zero-order valence-electron chi connectivity index (χ0n) is 17.5. The summed E-state index contributed by atoms with van der Waals surface area (Å²) >= 11 is 6.21. The molecule has 0 fully saturated rings. The summed E-state index contributed by atoms with van der Waals surface area (Å²) in [5.41, 5.74) is 4.27. The maximum Gasteiger partial charge on any atom is 0.251 e. The SMILES string of the molecule is O=C(NCc1cn(-c2ccccc2)c2cc(Cl)ccc2c1=O)c1ccc(C2=NC=NC2)cc1. The molecule has 1 N–H and O–H groups in total. The maximum absolute atomic E-state index is 13.1. The van der Waals surface area contributed by atoms with Crippen molar-refractivity contribution in [1.29, 1.82) is 0 Å². The van der Waals surface area contributed by atoms with E-state index in [0.29, 0.717) is 33.6 Å². The van der Waals surface area contributed by atoms with Crippen molar-refractivity contribution in [2.75, 3.05) is 6.54 Å². The first-order valence-electron chi connectivity index (χ1n) is 10.4. The smallest absolute Gasteiger partial charge is 0.251 e. The molecular formula is C26H19ClN4O2. The van der Waals surface area contributed by atoms with Gasteiger partial charge in [-0.05, 0) is 48.0 Å². The molecule has 5 rings (SSSR count). The van der Waals surface area contributed by atoms with Gasteiger partial charge in [0.15, 0.2) is 5.43 Å². The molecule has 0 atom stereocenters. The maximum atomic E-state index is 13.1. The van der Waals surface area contributed by atoms with Gasteiger partial charge < -0.3 is 9.88 Å². The van der Waals surface area contributed by atoms with E-state index < -0.39 is 0 Å². The van der Waals surface area contributed by atoms with E-state index in [2.05, 4.69) is 15.3 Å². The van der Waals surface area contributed by atoms with E-state index >= 15 is 0 Å². The van der Waals surface area contributed by atoms with Gasteiger partial charge in [0.2, 0.25) is 0 Å². The Morgan fingerprint density at radius 2 is 1.82 bits per heavy atom. The number of hydrogen-bond acceptors (Lipinski definition) is 4. The van der Waals surface area contributed by atoms with E-state index in [1.165, 1.54) is 6.34 Å². The molecule has 1 aromatic heterocycles. The molecule has 1 aliphatic rings. The number of carbonyl (C=O) groups excluding carboxylic acids is 1. The van der Waals surface area contributed by atoms with Gasteiger partial charge >= 0.3 is 0 Å². The molecule has 1 amide bonds. The van der Waals surface area contributed by atoms with Gasteiger partial charge in [0, 0.05) is 40.0 Å². The second kappa shape index (κ2) is 8.84. The predicted octanol–water partition coefficient (Wildman–Crippen LogP) is 4.41. The minimum atomic E-state index is -0.256. The molecule has 33 heavy (non-hydrogen) atoms. The third-order valence-electron chi connectivity index (χ3n) is 5.53. The molecule has 3 aromatic carbocycles. The van der Waals surface area contributed by atoms with Crippen LogP contribution in [0.1, 0.15) is 21.5 Å². The van der Waals surface area contributed by atoms with Crippen molar-refractivity contribution in [2.24, 2.45) is 9.98 Å². The number of aliphatic imine (C=N–C) groups is 2. The molecule has 1 aliphatic heterocycles. The summed E-state index contributed by atoms with van der Waals surface area (Å²) in [6.07, 6.45) is 3.30. The standard InChI is InChI=1S/C26H19ClN4O2/c27-20-10-11-22-24(12-20)31(21-4-2-1-3-5-21)15-19(25(22)32)13-29-26(33)18-8-6-17(7-9-18)23-14-28-16-30-23/h1-12,15-16H,13-14H2,(H,29,33). The Bertz CT molecular complexity index is 1470. The zero-order chi connectivity index (χ0) is 22.8. The number of halogens is 1. The first-order chi connectivity index (χ1) is 16.1. The van der Waals surface area contributed by atoms with Crippen molar-refractivity contribution in [3.63, 3.8) is 0 Å². The summed E-state index contributed by atoms with van der Waals surface area (Å²) in [5.74, 6) is -0.256. The van der Waals surface area contributed by atoms with Crippen molar-refractivity contribution in [3.8, 4) is 5.69 Å². The van der Waals surface area contributed by atoms with Crippen LogP contribution >= 0.6 is 11.6 Å². The number of rotatable bonds is 5. The Kier molecular flexibility index (Phi) is 5.59. The number of aromatic nitrogens is 1. The third-order valence-corrected chi connectivity index (χ3v) is 5.77. The van der Waals surface area contributed by atoms with E-state index in [-0.39, 0.29) is 17.9 Å². The lowest BCUT2D eigenvalue weighted by molar-refractivity contribution is 0.0951. The summed E-state index contributed by atoms with van der Waals surface area (Å²) in [6, 6.07) is 22.1. The average Bonchev–Trinajstić information content (AvgIpc) is 3.39. The number of amides is 1. The van der Waals surface area contributed by atoms with Crippen LogP contribution in [-0.2, 0) is 6.54 Å². The lowest BCUT2D eigenvalue weighted by Crippen LogP contribution is -2.27. The second-order valence-corrected chi connectivity index (χ2v) is 8.08. The van der Waals surface area contributed by atoms with E-state index in [1.54, 1.807) is 36.5 Å². The molecule has 7 heteroatoms. The fourth-order valence-electron chi connectivity index (χ4n) is 3.82. The Hall–Kier alpha value is -4.03. The number of fused-ring (bicyclic) bond motifs is 1. The van der Waals surface area contributed by atoms with Crippen LogP contribution in [-0.4, -0.2) is 29.1 Å². The molecule has 6 nitrogen and oxygen atoms in total. The monoisotopic (exact) mass is 454 g/mol. The molecule has 0 bridgehead atoms. The quantitative estimate of drug-likeness (QED) is 0.485. The molecule has 162 valence electrons. The third kappa shape index (κ3) is 4.21. The fraction of sp³-hybridized carbons (Fsp3) is 0.0769. The first kappa shape index (κ1) is 20.8. The Balaban J connectivity index is 1.43.